The van der Waals surface area contributed by atoms with Crippen molar-refractivity contribution in [1.29, 1.82) is 0 Å². The molecule has 16 heavy (non-hydrogen) atoms. The molecule has 0 aliphatic rings. The molecule has 6 heteroatoms. The van der Waals surface area contributed by atoms with Crippen LogP contribution < -0.4 is 5.32 Å². The molecule has 82 valence electrons. The van der Waals surface area contributed by atoms with Crippen LogP contribution in [0.25, 0.3) is 0 Å². The van der Waals surface area contributed by atoms with Crippen molar-refractivity contribution in [2.24, 2.45) is 0 Å². The van der Waals surface area contributed by atoms with Crippen LogP contribution in [0.4, 0.5) is 16.0 Å². The van der Waals surface area contributed by atoms with E-state index < -0.39 is 11.6 Å². The van der Waals surface area contributed by atoms with Crippen molar-refractivity contribution in [2.75, 3.05) is 5.32 Å². The van der Waals surface area contributed by atoms with Gasteiger partial charge in [-0.25, -0.2) is 14.4 Å². The molecule has 0 fully saturated rings. The van der Waals surface area contributed by atoms with Crippen LogP contribution >= 0.6 is 15.9 Å². The Kier molecular flexibility index (Phi) is 3.00. The minimum atomic E-state index is -0.665. The third-order valence-corrected chi connectivity index (χ3v) is 2.23. The third-order valence-electron chi connectivity index (χ3n) is 1.82. The van der Waals surface area contributed by atoms with E-state index in [0.29, 0.717) is 11.6 Å². The van der Waals surface area contributed by atoms with E-state index in [4.69, 9.17) is 5.11 Å². The molecule has 0 radical (unpaired) electrons. The predicted molar refractivity (Wildman–Crippen MR) is 61.1 cm³/mol. The molecule has 0 atom stereocenters. The highest BCUT2D eigenvalue weighted by atomic mass is 79.9. The molecule has 0 unspecified atom stereocenters. The standard InChI is InChI=1S/C10H7BrFN3O/c11-6-4-13-10(14-5-6)15-7-1-2-8(12)9(16)3-7/h1-5,16H,(H,13,14,15). The van der Waals surface area contributed by atoms with E-state index in [1.54, 1.807) is 12.4 Å². The highest BCUT2D eigenvalue weighted by Crippen LogP contribution is 2.22. The second-order valence-electron chi connectivity index (χ2n) is 3.02. The van der Waals surface area contributed by atoms with E-state index in [9.17, 15) is 4.39 Å². The largest absolute Gasteiger partial charge is 0.505 e. The molecular formula is C10H7BrFN3O. The van der Waals surface area contributed by atoms with Crippen molar-refractivity contribution in [1.82, 2.24) is 9.97 Å². The summed E-state index contributed by atoms with van der Waals surface area (Å²) >= 11 is 3.21. The van der Waals surface area contributed by atoms with Gasteiger partial charge in [-0.3, -0.25) is 0 Å². The molecule has 1 aromatic heterocycles. The maximum Gasteiger partial charge on any atom is 0.227 e. The normalized spacial score (nSPS) is 10.1. The summed E-state index contributed by atoms with van der Waals surface area (Å²) in [6.45, 7) is 0. The van der Waals surface area contributed by atoms with Gasteiger partial charge in [0.15, 0.2) is 11.6 Å². The second-order valence-corrected chi connectivity index (χ2v) is 3.93. The fourth-order valence-electron chi connectivity index (χ4n) is 1.10. The van der Waals surface area contributed by atoms with Gasteiger partial charge in [-0.15, -0.1) is 0 Å². The summed E-state index contributed by atoms with van der Waals surface area (Å²) in [5.41, 5.74) is 0.515. The highest BCUT2D eigenvalue weighted by Gasteiger charge is 2.02. The van der Waals surface area contributed by atoms with Gasteiger partial charge in [-0.2, -0.15) is 0 Å². The Morgan fingerprint density at radius 1 is 1.25 bits per heavy atom. The number of aromatic nitrogens is 2. The van der Waals surface area contributed by atoms with Gasteiger partial charge in [0.25, 0.3) is 0 Å². The Bertz CT molecular complexity index is 504. The van der Waals surface area contributed by atoms with E-state index in [1.807, 2.05) is 0 Å². The number of anilines is 2. The Labute approximate surface area is 99.3 Å². The summed E-state index contributed by atoms with van der Waals surface area (Å²) in [6, 6.07) is 3.91. The van der Waals surface area contributed by atoms with Crippen molar-refractivity contribution >= 4 is 27.6 Å². The minimum Gasteiger partial charge on any atom is -0.505 e. The molecule has 0 spiro atoms. The first kappa shape index (κ1) is 10.8. The lowest BCUT2D eigenvalue weighted by Gasteiger charge is -2.04. The van der Waals surface area contributed by atoms with Crippen LogP contribution in [0, 0.1) is 5.82 Å². The first-order valence-electron chi connectivity index (χ1n) is 4.38. The maximum atomic E-state index is 12.8. The van der Waals surface area contributed by atoms with Gasteiger partial charge in [0.1, 0.15) is 0 Å². The van der Waals surface area contributed by atoms with Crippen LogP contribution in [0.1, 0.15) is 0 Å². The molecule has 0 aliphatic carbocycles. The fraction of sp³-hybridized carbons (Fsp3) is 0. The van der Waals surface area contributed by atoms with E-state index in [0.717, 1.165) is 10.5 Å². The number of hydrogen-bond acceptors (Lipinski definition) is 4. The van der Waals surface area contributed by atoms with Gasteiger partial charge in [-0.05, 0) is 28.1 Å². The first-order chi connectivity index (χ1) is 7.65. The quantitative estimate of drug-likeness (QED) is 0.890. The number of halogens is 2. The van der Waals surface area contributed by atoms with E-state index in [-0.39, 0.29) is 0 Å². The topological polar surface area (TPSA) is 58.0 Å². The lowest BCUT2D eigenvalue weighted by molar-refractivity contribution is 0.433. The molecule has 2 aromatic rings. The Hall–Kier alpha value is -1.69. The van der Waals surface area contributed by atoms with Gasteiger partial charge < -0.3 is 10.4 Å². The van der Waals surface area contributed by atoms with Crippen LogP contribution in [-0.4, -0.2) is 15.1 Å². The molecule has 0 bridgehead atoms. The van der Waals surface area contributed by atoms with Crippen LogP contribution in [0.5, 0.6) is 5.75 Å². The summed E-state index contributed by atoms with van der Waals surface area (Å²) in [4.78, 5) is 7.96. The van der Waals surface area contributed by atoms with Crippen LogP contribution in [-0.2, 0) is 0 Å². The van der Waals surface area contributed by atoms with Gasteiger partial charge in [-0.1, -0.05) is 0 Å². The predicted octanol–water partition coefficient (Wildman–Crippen LogP) is 2.83. The molecular weight excluding hydrogens is 277 g/mol. The van der Waals surface area contributed by atoms with Crippen molar-refractivity contribution in [3.05, 3.63) is 40.9 Å². The molecule has 0 amide bonds. The smallest absolute Gasteiger partial charge is 0.227 e. The number of nitrogens with one attached hydrogen (secondary N) is 1. The zero-order chi connectivity index (χ0) is 11.5. The average molecular weight is 284 g/mol. The summed E-state index contributed by atoms with van der Waals surface area (Å²) < 4.78 is 13.5. The molecule has 4 nitrogen and oxygen atoms in total. The van der Waals surface area contributed by atoms with Crippen molar-refractivity contribution < 1.29 is 9.50 Å². The number of aromatic hydroxyl groups is 1. The van der Waals surface area contributed by atoms with Gasteiger partial charge in [0.2, 0.25) is 5.95 Å². The Morgan fingerprint density at radius 3 is 2.56 bits per heavy atom. The molecule has 0 saturated heterocycles. The van der Waals surface area contributed by atoms with E-state index in [1.165, 1.54) is 12.1 Å². The number of phenolic OH excluding ortho intramolecular Hbond substituents is 1. The lowest BCUT2D eigenvalue weighted by atomic mass is 10.3. The highest BCUT2D eigenvalue weighted by molar-refractivity contribution is 9.10. The molecule has 0 aliphatic heterocycles. The lowest BCUT2D eigenvalue weighted by Crippen LogP contribution is -1.96. The van der Waals surface area contributed by atoms with Gasteiger partial charge >= 0.3 is 0 Å². The molecule has 1 heterocycles. The summed E-state index contributed by atoms with van der Waals surface area (Å²) in [5, 5.41) is 12.0. The van der Waals surface area contributed by atoms with Crippen LogP contribution in [0.15, 0.2) is 35.1 Å². The maximum absolute atomic E-state index is 12.8. The number of rotatable bonds is 2. The Morgan fingerprint density at radius 2 is 1.94 bits per heavy atom. The van der Waals surface area contributed by atoms with Crippen molar-refractivity contribution in [3.63, 3.8) is 0 Å². The number of phenols is 1. The summed E-state index contributed by atoms with van der Waals surface area (Å²) in [7, 11) is 0. The average Bonchev–Trinajstić information content (AvgIpc) is 2.27. The van der Waals surface area contributed by atoms with Crippen molar-refractivity contribution in [3.8, 4) is 5.75 Å². The minimum absolute atomic E-state index is 0.370. The van der Waals surface area contributed by atoms with Crippen LogP contribution in [0.3, 0.4) is 0 Å². The number of hydrogen-bond donors (Lipinski definition) is 2. The zero-order valence-corrected chi connectivity index (χ0v) is 9.57. The number of nitrogens with zero attached hydrogens (tertiary/aromatic N) is 2. The molecule has 2 rings (SSSR count). The summed E-state index contributed by atoms with van der Waals surface area (Å²) in [5.74, 6) is -0.710. The SMILES string of the molecule is Oc1cc(Nc2ncc(Br)cn2)ccc1F. The molecule has 1 aromatic carbocycles. The number of benzene rings is 1. The molecule has 2 N–H and O–H groups in total. The van der Waals surface area contributed by atoms with E-state index in [2.05, 4.69) is 31.2 Å². The third kappa shape index (κ3) is 2.46. The van der Waals surface area contributed by atoms with E-state index >= 15 is 0 Å². The van der Waals surface area contributed by atoms with Gasteiger partial charge in [0, 0.05) is 24.1 Å². The second kappa shape index (κ2) is 4.44. The summed E-state index contributed by atoms with van der Waals surface area (Å²) in [6.07, 6.45) is 3.16. The monoisotopic (exact) mass is 283 g/mol. The van der Waals surface area contributed by atoms with Gasteiger partial charge in [0.05, 0.1) is 4.47 Å². The van der Waals surface area contributed by atoms with Crippen molar-refractivity contribution in [2.45, 2.75) is 0 Å². The first-order valence-corrected chi connectivity index (χ1v) is 5.17. The molecule has 0 saturated carbocycles. The fourth-order valence-corrected chi connectivity index (χ4v) is 1.30. The Balaban J connectivity index is 2.20. The van der Waals surface area contributed by atoms with Crippen LogP contribution in [0.2, 0.25) is 0 Å². The zero-order valence-electron chi connectivity index (χ0n) is 7.98.